The lowest BCUT2D eigenvalue weighted by atomic mass is 9.89. The summed E-state index contributed by atoms with van der Waals surface area (Å²) >= 11 is 0. The van der Waals surface area contributed by atoms with Crippen molar-refractivity contribution >= 4 is 5.78 Å². The van der Waals surface area contributed by atoms with Crippen molar-refractivity contribution in [3.63, 3.8) is 0 Å². The number of piperidine rings is 1. The second-order valence-electron chi connectivity index (χ2n) is 9.16. The number of ether oxygens (including phenoxy) is 2. The fourth-order valence-corrected chi connectivity index (χ4v) is 5.35. The number of carbonyl (C=O) groups is 1. The topological polar surface area (TPSA) is 42.0 Å². The third-order valence-corrected chi connectivity index (χ3v) is 7.04. The second-order valence-corrected chi connectivity index (χ2v) is 9.16. The van der Waals surface area contributed by atoms with Crippen molar-refractivity contribution in [2.45, 2.75) is 31.6 Å². The van der Waals surface area contributed by atoms with Crippen LogP contribution >= 0.6 is 0 Å². The van der Waals surface area contributed by atoms with Crippen molar-refractivity contribution in [3.05, 3.63) is 71.0 Å². The highest BCUT2D eigenvalue weighted by Crippen LogP contribution is 2.38. The van der Waals surface area contributed by atoms with Gasteiger partial charge in [0.05, 0.1) is 19.8 Å². The second kappa shape index (κ2) is 9.40. The van der Waals surface area contributed by atoms with Crippen molar-refractivity contribution in [3.8, 4) is 0 Å². The molecule has 0 amide bonds. The first-order valence-corrected chi connectivity index (χ1v) is 11.7. The summed E-state index contributed by atoms with van der Waals surface area (Å²) in [6.07, 6.45) is 2.82. The van der Waals surface area contributed by atoms with Crippen LogP contribution in [0.15, 0.2) is 48.5 Å². The molecule has 0 saturated carbocycles. The summed E-state index contributed by atoms with van der Waals surface area (Å²) in [7, 11) is 0. The van der Waals surface area contributed by atoms with Crippen LogP contribution in [0.5, 0.6) is 0 Å². The van der Waals surface area contributed by atoms with Gasteiger partial charge in [-0.25, -0.2) is 4.39 Å². The molecule has 0 unspecified atom stereocenters. The van der Waals surface area contributed by atoms with Gasteiger partial charge in [-0.05, 0) is 75.3 Å². The first-order valence-electron chi connectivity index (χ1n) is 11.7. The third-order valence-electron chi connectivity index (χ3n) is 7.04. The zero-order valence-electron chi connectivity index (χ0n) is 18.5. The molecular weight excluding hydrogens is 407 g/mol. The summed E-state index contributed by atoms with van der Waals surface area (Å²) in [6, 6.07) is 14.4. The Morgan fingerprint density at radius 2 is 1.66 bits per heavy atom. The monoisotopic (exact) mass is 438 g/mol. The largest absolute Gasteiger partial charge is 0.342 e. The molecule has 0 radical (unpaired) electrons. The van der Waals surface area contributed by atoms with E-state index in [9.17, 15) is 9.18 Å². The van der Waals surface area contributed by atoms with Gasteiger partial charge in [0.25, 0.3) is 0 Å². The van der Waals surface area contributed by atoms with E-state index >= 15 is 0 Å². The van der Waals surface area contributed by atoms with Gasteiger partial charge >= 0.3 is 0 Å². The molecule has 6 heteroatoms. The fraction of sp³-hybridized carbons (Fsp3) is 0.500. The van der Waals surface area contributed by atoms with E-state index in [4.69, 9.17) is 9.47 Å². The molecule has 2 aromatic rings. The SMILES string of the molecule is O=C(c1ccc(F)cc1)C1CCN(CCCN2Cc3ccccc3C3(C2)OCCO3)CC1. The predicted molar refractivity (Wildman–Crippen MR) is 120 cm³/mol. The Kier molecular flexibility index (Phi) is 6.37. The third kappa shape index (κ3) is 4.50. The summed E-state index contributed by atoms with van der Waals surface area (Å²) in [6.45, 7) is 6.91. The number of carbonyl (C=O) groups excluding carboxylic acids is 1. The summed E-state index contributed by atoms with van der Waals surface area (Å²) in [5, 5.41) is 0. The highest BCUT2D eigenvalue weighted by atomic mass is 19.1. The van der Waals surface area contributed by atoms with Gasteiger partial charge in [-0.2, -0.15) is 0 Å². The average Bonchev–Trinajstić information content (AvgIpc) is 3.28. The quantitative estimate of drug-likeness (QED) is 0.642. The molecule has 0 atom stereocenters. The minimum atomic E-state index is -0.603. The van der Waals surface area contributed by atoms with Gasteiger partial charge in [0.2, 0.25) is 5.79 Å². The average molecular weight is 439 g/mol. The first kappa shape index (κ1) is 21.7. The molecule has 3 aliphatic rings. The Bertz CT molecular complexity index is 934. The predicted octanol–water partition coefficient (Wildman–Crippen LogP) is 3.83. The standard InChI is InChI=1S/C26H31FN2O3/c27-23-8-6-20(7-9-23)25(30)21-10-14-28(15-11-21)12-3-13-29-18-22-4-1-2-5-24(22)26(19-29)31-16-17-32-26/h1-2,4-9,21H,3,10-19H2. The molecule has 3 aliphatic heterocycles. The molecule has 0 bridgehead atoms. The van der Waals surface area contributed by atoms with Crippen LogP contribution in [0.3, 0.4) is 0 Å². The fourth-order valence-electron chi connectivity index (χ4n) is 5.35. The number of ketones is 1. The van der Waals surface area contributed by atoms with Crippen molar-refractivity contribution in [1.82, 2.24) is 9.80 Å². The molecule has 1 spiro atoms. The van der Waals surface area contributed by atoms with Gasteiger partial charge in [0, 0.05) is 23.6 Å². The number of hydrogen-bond acceptors (Lipinski definition) is 5. The molecule has 2 fully saturated rings. The smallest absolute Gasteiger partial charge is 0.208 e. The van der Waals surface area contributed by atoms with Gasteiger partial charge in [0.15, 0.2) is 5.78 Å². The van der Waals surface area contributed by atoms with E-state index in [1.165, 1.54) is 23.3 Å². The number of likely N-dealkylation sites (tertiary alicyclic amines) is 1. The summed E-state index contributed by atoms with van der Waals surface area (Å²) in [5.74, 6) is -0.704. The van der Waals surface area contributed by atoms with Crippen molar-refractivity contribution in [1.29, 1.82) is 0 Å². The van der Waals surface area contributed by atoms with Crippen LogP contribution in [0.25, 0.3) is 0 Å². The van der Waals surface area contributed by atoms with Crippen molar-refractivity contribution in [2.24, 2.45) is 5.92 Å². The summed E-state index contributed by atoms with van der Waals surface area (Å²) < 4.78 is 25.3. The van der Waals surface area contributed by atoms with Crippen LogP contribution in [-0.2, 0) is 21.8 Å². The highest BCUT2D eigenvalue weighted by molar-refractivity contribution is 5.97. The van der Waals surface area contributed by atoms with E-state index in [1.54, 1.807) is 12.1 Å². The molecule has 5 nitrogen and oxygen atoms in total. The van der Waals surface area contributed by atoms with E-state index in [0.717, 1.165) is 58.5 Å². The molecular formula is C26H31FN2O3. The lowest BCUT2D eigenvalue weighted by Gasteiger charge is -2.40. The molecule has 0 aromatic heterocycles. The van der Waals surface area contributed by atoms with E-state index in [1.807, 2.05) is 0 Å². The molecule has 170 valence electrons. The van der Waals surface area contributed by atoms with E-state index in [0.29, 0.717) is 18.8 Å². The Morgan fingerprint density at radius 1 is 0.969 bits per heavy atom. The van der Waals surface area contributed by atoms with E-state index in [2.05, 4.69) is 34.1 Å². The number of rotatable bonds is 6. The Balaban J connectivity index is 1.10. The number of halogens is 1. The lowest BCUT2D eigenvalue weighted by molar-refractivity contribution is -0.187. The Hall–Kier alpha value is -2.12. The van der Waals surface area contributed by atoms with Crippen LogP contribution in [0, 0.1) is 11.7 Å². The number of Topliss-reactive ketones (excluding diaryl/α,β-unsaturated/α-hetero) is 1. The maximum absolute atomic E-state index is 13.1. The normalized spacial score (nSPS) is 21.7. The molecule has 32 heavy (non-hydrogen) atoms. The first-order chi connectivity index (χ1) is 15.6. The van der Waals surface area contributed by atoms with Crippen LogP contribution in [0.4, 0.5) is 4.39 Å². The number of benzene rings is 2. The van der Waals surface area contributed by atoms with Crippen molar-refractivity contribution < 1.29 is 18.7 Å². The van der Waals surface area contributed by atoms with Gasteiger partial charge in [-0.1, -0.05) is 24.3 Å². The summed E-state index contributed by atoms with van der Waals surface area (Å²) in [4.78, 5) is 17.6. The minimum Gasteiger partial charge on any atom is -0.342 e. The number of nitrogens with zero attached hydrogens (tertiary/aromatic N) is 2. The zero-order valence-corrected chi connectivity index (χ0v) is 18.5. The van der Waals surface area contributed by atoms with Crippen LogP contribution in [-0.4, -0.2) is 61.5 Å². The number of fused-ring (bicyclic) bond motifs is 2. The zero-order chi connectivity index (χ0) is 22.0. The lowest BCUT2D eigenvalue weighted by Crippen LogP contribution is -2.47. The Morgan fingerprint density at radius 3 is 2.41 bits per heavy atom. The van der Waals surface area contributed by atoms with Gasteiger partial charge in [-0.15, -0.1) is 0 Å². The van der Waals surface area contributed by atoms with Crippen molar-refractivity contribution in [2.75, 3.05) is 45.9 Å². The summed E-state index contributed by atoms with van der Waals surface area (Å²) in [5.41, 5.74) is 3.10. The van der Waals surface area contributed by atoms with Crippen LogP contribution in [0.2, 0.25) is 0 Å². The van der Waals surface area contributed by atoms with Gasteiger partial charge < -0.3 is 14.4 Å². The van der Waals surface area contributed by atoms with Crippen LogP contribution < -0.4 is 0 Å². The molecule has 3 heterocycles. The molecule has 2 aromatic carbocycles. The minimum absolute atomic E-state index is 0.0480. The molecule has 2 saturated heterocycles. The molecule has 0 aliphatic carbocycles. The molecule has 5 rings (SSSR count). The van der Waals surface area contributed by atoms with Gasteiger partial charge in [0.1, 0.15) is 5.82 Å². The van der Waals surface area contributed by atoms with Crippen LogP contribution in [0.1, 0.15) is 40.7 Å². The Labute approximate surface area is 189 Å². The van der Waals surface area contributed by atoms with E-state index in [-0.39, 0.29) is 17.5 Å². The maximum atomic E-state index is 13.1. The number of hydrogen-bond donors (Lipinski definition) is 0. The highest BCUT2D eigenvalue weighted by Gasteiger charge is 2.44. The maximum Gasteiger partial charge on any atom is 0.208 e. The van der Waals surface area contributed by atoms with E-state index < -0.39 is 5.79 Å². The van der Waals surface area contributed by atoms with Gasteiger partial charge in [-0.3, -0.25) is 9.69 Å². The molecule has 0 N–H and O–H groups in total.